The van der Waals surface area contributed by atoms with Crippen molar-refractivity contribution in [3.8, 4) is 0 Å². The van der Waals surface area contributed by atoms with Gasteiger partial charge in [-0.05, 0) is 37.0 Å². The number of amides is 2. The summed E-state index contributed by atoms with van der Waals surface area (Å²) in [5.41, 5.74) is 1.11. The van der Waals surface area contributed by atoms with Crippen molar-refractivity contribution < 1.29 is 19.1 Å². The van der Waals surface area contributed by atoms with Crippen molar-refractivity contribution >= 4 is 29.2 Å². The lowest BCUT2D eigenvalue weighted by molar-refractivity contribution is -0.147. The Morgan fingerprint density at radius 1 is 1.22 bits per heavy atom. The molecule has 1 atom stereocenters. The summed E-state index contributed by atoms with van der Waals surface area (Å²) >= 11 is 0. The van der Waals surface area contributed by atoms with Crippen molar-refractivity contribution in [2.45, 2.75) is 26.2 Å². The molecule has 1 aromatic carbocycles. The Bertz CT molecular complexity index is 625. The second-order valence-corrected chi connectivity index (χ2v) is 5.44. The highest BCUT2D eigenvalue weighted by molar-refractivity contribution is 5.94. The van der Waals surface area contributed by atoms with Gasteiger partial charge in [-0.25, -0.2) is 0 Å². The standard InChI is InChI=1S/C17H20N2O4/c1-12(20)18-14-7-4-8-15(10-14)19-16(21)11-23-17(22)9-13-5-2-3-6-13/h2,4-5,7-8,10,13H,3,6,9,11H2,1H3,(H,18,20)(H,19,21)/t13-/m0/s1. The molecule has 6 heteroatoms. The van der Waals surface area contributed by atoms with Gasteiger partial charge in [0, 0.05) is 18.3 Å². The second-order valence-electron chi connectivity index (χ2n) is 5.44. The van der Waals surface area contributed by atoms with E-state index >= 15 is 0 Å². The lowest BCUT2D eigenvalue weighted by Gasteiger charge is -2.10. The van der Waals surface area contributed by atoms with Gasteiger partial charge >= 0.3 is 5.97 Å². The number of hydrogen-bond acceptors (Lipinski definition) is 4. The van der Waals surface area contributed by atoms with E-state index in [1.165, 1.54) is 6.92 Å². The van der Waals surface area contributed by atoms with Crippen LogP contribution >= 0.6 is 0 Å². The Hall–Kier alpha value is -2.63. The van der Waals surface area contributed by atoms with Crippen molar-refractivity contribution in [3.63, 3.8) is 0 Å². The zero-order chi connectivity index (χ0) is 16.7. The van der Waals surface area contributed by atoms with Crippen molar-refractivity contribution in [3.05, 3.63) is 36.4 Å². The Morgan fingerprint density at radius 2 is 1.96 bits per heavy atom. The summed E-state index contributed by atoms with van der Waals surface area (Å²) in [5.74, 6) is -0.757. The maximum absolute atomic E-state index is 11.8. The van der Waals surface area contributed by atoms with Gasteiger partial charge in [0.2, 0.25) is 5.91 Å². The van der Waals surface area contributed by atoms with Gasteiger partial charge in [0.15, 0.2) is 6.61 Å². The van der Waals surface area contributed by atoms with Crippen LogP contribution in [0.1, 0.15) is 26.2 Å². The summed E-state index contributed by atoms with van der Waals surface area (Å²) in [7, 11) is 0. The van der Waals surface area contributed by atoms with E-state index in [1.54, 1.807) is 24.3 Å². The molecule has 1 aliphatic rings. The first-order chi connectivity index (χ1) is 11.0. The molecule has 0 saturated carbocycles. The zero-order valence-electron chi connectivity index (χ0n) is 13.0. The van der Waals surface area contributed by atoms with Crippen molar-refractivity contribution in [2.24, 2.45) is 5.92 Å². The van der Waals surface area contributed by atoms with Gasteiger partial charge < -0.3 is 15.4 Å². The third-order valence-corrected chi connectivity index (χ3v) is 3.37. The summed E-state index contributed by atoms with van der Waals surface area (Å²) in [6.45, 7) is 1.09. The summed E-state index contributed by atoms with van der Waals surface area (Å²) < 4.78 is 4.98. The number of carbonyl (C=O) groups excluding carboxylic acids is 3. The van der Waals surface area contributed by atoms with Gasteiger partial charge in [0.05, 0.1) is 6.42 Å². The molecule has 0 heterocycles. The van der Waals surface area contributed by atoms with Crippen LogP contribution in [-0.2, 0) is 19.1 Å². The zero-order valence-corrected chi connectivity index (χ0v) is 13.0. The molecular weight excluding hydrogens is 296 g/mol. The third-order valence-electron chi connectivity index (χ3n) is 3.37. The highest BCUT2D eigenvalue weighted by Crippen LogP contribution is 2.20. The Kier molecular flexibility index (Phi) is 5.91. The van der Waals surface area contributed by atoms with E-state index in [0.29, 0.717) is 17.8 Å². The summed E-state index contributed by atoms with van der Waals surface area (Å²) in [5, 5.41) is 5.25. The Labute approximate surface area is 134 Å². The van der Waals surface area contributed by atoms with Gasteiger partial charge in [-0.15, -0.1) is 0 Å². The number of esters is 1. The van der Waals surface area contributed by atoms with Crippen LogP contribution in [0.25, 0.3) is 0 Å². The van der Waals surface area contributed by atoms with Crippen LogP contribution in [-0.4, -0.2) is 24.4 Å². The quantitative estimate of drug-likeness (QED) is 0.624. The first kappa shape index (κ1) is 16.7. The van der Waals surface area contributed by atoms with E-state index in [9.17, 15) is 14.4 Å². The minimum atomic E-state index is -0.416. The Morgan fingerprint density at radius 3 is 2.61 bits per heavy atom. The molecule has 2 rings (SSSR count). The molecule has 2 N–H and O–H groups in total. The van der Waals surface area contributed by atoms with Crippen LogP contribution in [0.15, 0.2) is 36.4 Å². The molecule has 1 aromatic rings. The van der Waals surface area contributed by atoms with E-state index in [4.69, 9.17) is 4.74 Å². The number of rotatable bonds is 6. The summed E-state index contributed by atoms with van der Waals surface area (Å²) in [6, 6.07) is 6.74. The number of ether oxygens (including phenoxy) is 1. The van der Waals surface area contributed by atoms with Crippen molar-refractivity contribution in [1.29, 1.82) is 0 Å². The fraction of sp³-hybridized carbons (Fsp3) is 0.353. The van der Waals surface area contributed by atoms with Crippen LogP contribution in [0, 0.1) is 5.92 Å². The monoisotopic (exact) mass is 316 g/mol. The first-order valence-electron chi connectivity index (χ1n) is 7.53. The molecule has 0 fully saturated rings. The van der Waals surface area contributed by atoms with Crippen molar-refractivity contribution in [2.75, 3.05) is 17.2 Å². The molecule has 0 aliphatic heterocycles. The highest BCUT2D eigenvalue weighted by atomic mass is 16.5. The number of benzene rings is 1. The lowest BCUT2D eigenvalue weighted by Crippen LogP contribution is -2.21. The van der Waals surface area contributed by atoms with Gasteiger partial charge in [-0.1, -0.05) is 18.2 Å². The molecule has 0 bridgehead atoms. The highest BCUT2D eigenvalue weighted by Gasteiger charge is 2.16. The maximum Gasteiger partial charge on any atom is 0.306 e. The molecule has 122 valence electrons. The average Bonchev–Trinajstić information content (AvgIpc) is 2.98. The second kappa shape index (κ2) is 8.12. The maximum atomic E-state index is 11.8. The average molecular weight is 316 g/mol. The van der Waals surface area contributed by atoms with Crippen molar-refractivity contribution in [1.82, 2.24) is 0 Å². The van der Waals surface area contributed by atoms with Crippen LogP contribution in [0.2, 0.25) is 0 Å². The number of nitrogens with one attached hydrogen (secondary N) is 2. The van der Waals surface area contributed by atoms with Gasteiger partial charge in [0.25, 0.3) is 5.91 Å². The van der Waals surface area contributed by atoms with E-state index in [-0.39, 0.29) is 24.4 Å². The largest absolute Gasteiger partial charge is 0.456 e. The SMILES string of the molecule is CC(=O)Nc1cccc(NC(=O)COC(=O)C[C@H]2C=CCC2)c1. The predicted molar refractivity (Wildman–Crippen MR) is 86.8 cm³/mol. The van der Waals surface area contributed by atoms with Crippen LogP contribution in [0.3, 0.4) is 0 Å². The minimum absolute atomic E-state index is 0.191. The van der Waals surface area contributed by atoms with Crippen LogP contribution in [0.5, 0.6) is 0 Å². The summed E-state index contributed by atoms with van der Waals surface area (Å²) in [4.78, 5) is 34.5. The normalized spacial score (nSPS) is 16.0. The smallest absolute Gasteiger partial charge is 0.306 e. The van der Waals surface area contributed by atoms with Gasteiger partial charge in [-0.3, -0.25) is 14.4 Å². The van der Waals surface area contributed by atoms with E-state index in [1.807, 2.05) is 12.2 Å². The van der Waals surface area contributed by atoms with E-state index in [0.717, 1.165) is 12.8 Å². The molecule has 0 aromatic heterocycles. The van der Waals surface area contributed by atoms with E-state index in [2.05, 4.69) is 10.6 Å². The van der Waals surface area contributed by atoms with Crippen LogP contribution in [0.4, 0.5) is 11.4 Å². The molecule has 0 unspecified atom stereocenters. The van der Waals surface area contributed by atoms with Gasteiger partial charge in [-0.2, -0.15) is 0 Å². The Balaban J connectivity index is 1.76. The number of hydrogen-bond donors (Lipinski definition) is 2. The third kappa shape index (κ3) is 5.94. The number of anilines is 2. The van der Waals surface area contributed by atoms with Gasteiger partial charge in [0.1, 0.15) is 0 Å². The molecule has 1 aliphatic carbocycles. The number of carbonyl (C=O) groups is 3. The fourth-order valence-electron chi connectivity index (χ4n) is 2.36. The first-order valence-corrected chi connectivity index (χ1v) is 7.53. The molecule has 0 saturated heterocycles. The molecule has 0 radical (unpaired) electrons. The molecule has 6 nitrogen and oxygen atoms in total. The summed E-state index contributed by atoms with van der Waals surface area (Å²) in [6.07, 6.45) is 6.31. The van der Waals surface area contributed by atoms with E-state index < -0.39 is 5.91 Å². The minimum Gasteiger partial charge on any atom is -0.456 e. The fourth-order valence-corrected chi connectivity index (χ4v) is 2.36. The molecular formula is C17H20N2O4. The number of allylic oxidation sites excluding steroid dienone is 2. The lowest BCUT2D eigenvalue weighted by atomic mass is 10.1. The molecule has 0 spiro atoms. The predicted octanol–water partition coefficient (Wildman–Crippen LogP) is 2.48. The topological polar surface area (TPSA) is 84.5 Å². The molecule has 2 amide bonds. The molecule has 23 heavy (non-hydrogen) atoms. The van der Waals surface area contributed by atoms with Crippen LogP contribution < -0.4 is 10.6 Å².